The van der Waals surface area contributed by atoms with Gasteiger partial charge in [-0.3, -0.25) is 10.1 Å². The van der Waals surface area contributed by atoms with Crippen molar-refractivity contribution in [2.75, 3.05) is 12.3 Å². The summed E-state index contributed by atoms with van der Waals surface area (Å²) in [6, 6.07) is -0.498. The van der Waals surface area contributed by atoms with E-state index in [4.69, 9.17) is 11.6 Å². The number of hydrogen-bond acceptors (Lipinski definition) is 5. The first-order valence-corrected chi connectivity index (χ1v) is 5.82. The van der Waals surface area contributed by atoms with Crippen LogP contribution >= 0.6 is 11.8 Å². The molecule has 0 aliphatic heterocycles. The lowest BCUT2D eigenvalue weighted by Crippen LogP contribution is -2.40. The Bertz CT molecular complexity index is 269. The van der Waals surface area contributed by atoms with Gasteiger partial charge in [-0.1, -0.05) is 25.1 Å². The van der Waals surface area contributed by atoms with Crippen molar-refractivity contribution in [3.63, 3.8) is 0 Å². The van der Waals surface area contributed by atoms with E-state index in [-0.39, 0.29) is 10.9 Å². The van der Waals surface area contributed by atoms with Gasteiger partial charge in [-0.2, -0.15) is 5.10 Å². The predicted octanol–water partition coefficient (Wildman–Crippen LogP) is -0.466. The molecule has 0 aromatic rings. The van der Waals surface area contributed by atoms with Crippen molar-refractivity contribution < 1.29 is 9.59 Å². The summed E-state index contributed by atoms with van der Waals surface area (Å²) < 4.78 is 0. The van der Waals surface area contributed by atoms with E-state index in [1.54, 1.807) is 0 Å². The van der Waals surface area contributed by atoms with E-state index < -0.39 is 11.9 Å². The second-order valence-corrected chi connectivity index (χ2v) is 3.91. The molecule has 7 nitrogen and oxygen atoms in total. The summed E-state index contributed by atoms with van der Waals surface area (Å²) in [5.74, 6) is 4.44. The standard InChI is InChI=1S/C8H17N5O2S/c1-2-3-4-11-8(15)12-6(14)5-16-7(9)13-10/h2-5,10H2,1H3,(H2,9,13)(H2,11,12,14,15). The van der Waals surface area contributed by atoms with E-state index >= 15 is 0 Å². The van der Waals surface area contributed by atoms with Crippen LogP contribution in [0.1, 0.15) is 19.8 Å². The van der Waals surface area contributed by atoms with E-state index in [0.717, 1.165) is 24.6 Å². The van der Waals surface area contributed by atoms with Crippen LogP contribution < -0.4 is 22.2 Å². The van der Waals surface area contributed by atoms with Gasteiger partial charge < -0.3 is 16.9 Å². The largest absolute Gasteiger partial charge is 0.377 e. The minimum Gasteiger partial charge on any atom is -0.377 e. The van der Waals surface area contributed by atoms with Crippen LogP contribution in [0.15, 0.2) is 5.10 Å². The van der Waals surface area contributed by atoms with Crippen molar-refractivity contribution in [2.24, 2.45) is 16.7 Å². The molecule has 0 radical (unpaired) electrons. The third kappa shape index (κ3) is 7.92. The number of unbranched alkanes of at least 4 members (excludes halogenated alkanes) is 1. The summed E-state index contributed by atoms with van der Waals surface area (Å²) >= 11 is 0.966. The number of nitrogens with one attached hydrogen (secondary N) is 2. The Morgan fingerprint density at radius 3 is 2.69 bits per heavy atom. The number of rotatable bonds is 5. The number of carbonyl (C=O) groups is 2. The van der Waals surface area contributed by atoms with Gasteiger partial charge in [-0.25, -0.2) is 4.79 Å². The van der Waals surface area contributed by atoms with Crippen LogP contribution in [0.5, 0.6) is 0 Å². The van der Waals surface area contributed by atoms with Gasteiger partial charge >= 0.3 is 6.03 Å². The molecule has 0 heterocycles. The predicted molar refractivity (Wildman–Crippen MR) is 64.7 cm³/mol. The number of thioether (sulfide) groups is 1. The Morgan fingerprint density at radius 1 is 1.44 bits per heavy atom. The van der Waals surface area contributed by atoms with Crippen LogP contribution in [0, 0.1) is 0 Å². The summed E-state index contributed by atoms with van der Waals surface area (Å²) in [5, 5.41) is 7.98. The number of imide groups is 1. The maximum absolute atomic E-state index is 11.2. The monoisotopic (exact) mass is 247 g/mol. The zero-order chi connectivity index (χ0) is 12.4. The number of amidine groups is 1. The van der Waals surface area contributed by atoms with Crippen molar-refractivity contribution >= 4 is 28.9 Å². The maximum atomic E-state index is 11.2. The second-order valence-electron chi connectivity index (χ2n) is 2.91. The van der Waals surface area contributed by atoms with Crippen LogP contribution in [0.25, 0.3) is 0 Å². The summed E-state index contributed by atoms with van der Waals surface area (Å²) in [6.07, 6.45) is 1.86. The number of nitrogens with zero attached hydrogens (tertiary/aromatic N) is 1. The zero-order valence-electron chi connectivity index (χ0n) is 9.16. The average Bonchev–Trinajstić information content (AvgIpc) is 2.26. The average molecular weight is 247 g/mol. The molecule has 3 amide bonds. The Labute approximate surface area is 98.4 Å². The molecule has 0 aromatic carbocycles. The molecule has 0 unspecified atom stereocenters. The van der Waals surface area contributed by atoms with Gasteiger partial charge in [-0.05, 0) is 6.42 Å². The van der Waals surface area contributed by atoms with E-state index in [1.807, 2.05) is 6.92 Å². The summed E-state index contributed by atoms with van der Waals surface area (Å²) in [7, 11) is 0. The first kappa shape index (κ1) is 14.6. The topological polar surface area (TPSA) is 123 Å². The van der Waals surface area contributed by atoms with E-state index in [1.165, 1.54) is 0 Å². The highest BCUT2D eigenvalue weighted by molar-refractivity contribution is 8.14. The Morgan fingerprint density at radius 2 is 2.12 bits per heavy atom. The molecule has 0 atom stereocenters. The molecule has 0 aliphatic rings. The van der Waals surface area contributed by atoms with E-state index in [9.17, 15) is 9.59 Å². The molecule has 0 fully saturated rings. The Balaban J connectivity index is 3.66. The second kappa shape index (κ2) is 8.84. The highest BCUT2D eigenvalue weighted by Gasteiger charge is 2.07. The lowest BCUT2D eigenvalue weighted by Gasteiger charge is -2.05. The van der Waals surface area contributed by atoms with Crippen LogP contribution in [-0.4, -0.2) is 29.4 Å². The molecule has 92 valence electrons. The minimum atomic E-state index is -0.498. The number of hydrogen-bond donors (Lipinski definition) is 4. The lowest BCUT2D eigenvalue weighted by atomic mass is 10.3. The Hall–Kier alpha value is -1.44. The van der Waals surface area contributed by atoms with Crippen molar-refractivity contribution in [1.29, 1.82) is 0 Å². The normalized spacial score (nSPS) is 10.9. The minimum absolute atomic E-state index is 0.00767. The zero-order valence-corrected chi connectivity index (χ0v) is 9.97. The van der Waals surface area contributed by atoms with Crippen molar-refractivity contribution in [2.45, 2.75) is 19.8 Å². The van der Waals surface area contributed by atoms with E-state index in [2.05, 4.69) is 15.7 Å². The van der Waals surface area contributed by atoms with E-state index in [0.29, 0.717) is 6.54 Å². The third-order valence-corrected chi connectivity index (χ3v) is 2.35. The maximum Gasteiger partial charge on any atom is 0.321 e. The molecule has 0 aromatic heterocycles. The quantitative estimate of drug-likeness (QED) is 0.172. The molecular weight excluding hydrogens is 230 g/mol. The van der Waals surface area contributed by atoms with Crippen molar-refractivity contribution in [1.82, 2.24) is 10.6 Å². The van der Waals surface area contributed by atoms with Gasteiger partial charge in [0.25, 0.3) is 0 Å². The van der Waals surface area contributed by atoms with Gasteiger partial charge in [-0.15, -0.1) is 0 Å². The van der Waals surface area contributed by atoms with Crippen molar-refractivity contribution in [3.8, 4) is 0 Å². The molecule has 0 aliphatic carbocycles. The van der Waals surface area contributed by atoms with Crippen LogP contribution in [0.4, 0.5) is 4.79 Å². The number of nitrogens with two attached hydrogens (primary N) is 2. The number of hydrazone groups is 1. The first-order valence-electron chi connectivity index (χ1n) is 4.84. The number of carbonyl (C=O) groups excluding carboxylic acids is 2. The van der Waals surface area contributed by atoms with Crippen LogP contribution in [0.3, 0.4) is 0 Å². The van der Waals surface area contributed by atoms with Crippen molar-refractivity contribution in [3.05, 3.63) is 0 Å². The van der Waals surface area contributed by atoms with Gasteiger partial charge in [0.05, 0.1) is 5.75 Å². The molecule has 0 saturated heterocycles. The van der Waals surface area contributed by atoms with Gasteiger partial charge in [0, 0.05) is 6.54 Å². The molecule has 16 heavy (non-hydrogen) atoms. The van der Waals surface area contributed by atoms with Gasteiger partial charge in [0.2, 0.25) is 5.91 Å². The fourth-order valence-corrected chi connectivity index (χ4v) is 1.19. The molecule has 8 heteroatoms. The third-order valence-electron chi connectivity index (χ3n) is 1.55. The molecule has 0 saturated carbocycles. The fourth-order valence-electron chi connectivity index (χ4n) is 0.762. The fraction of sp³-hybridized carbons (Fsp3) is 0.625. The summed E-state index contributed by atoms with van der Waals surface area (Å²) in [5.41, 5.74) is 5.26. The highest BCUT2D eigenvalue weighted by atomic mass is 32.2. The van der Waals surface area contributed by atoms with Gasteiger partial charge in [0.15, 0.2) is 5.17 Å². The molecule has 0 spiro atoms. The smallest absolute Gasteiger partial charge is 0.321 e. The van der Waals surface area contributed by atoms with Crippen LogP contribution in [0.2, 0.25) is 0 Å². The highest BCUT2D eigenvalue weighted by Crippen LogP contribution is 1.97. The Kier molecular flexibility index (Phi) is 8.04. The summed E-state index contributed by atoms with van der Waals surface area (Å²) in [4.78, 5) is 22.3. The van der Waals surface area contributed by atoms with Crippen LogP contribution in [-0.2, 0) is 4.79 Å². The molecular formula is C8H17N5O2S. The number of amides is 3. The summed E-state index contributed by atoms with van der Waals surface area (Å²) in [6.45, 7) is 2.56. The molecule has 0 rings (SSSR count). The van der Waals surface area contributed by atoms with Gasteiger partial charge in [0.1, 0.15) is 0 Å². The first-order chi connectivity index (χ1) is 7.60. The lowest BCUT2D eigenvalue weighted by molar-refractivity contribution is -0.117. The SMILES string of the molecule is CCCCNC(=O)NC(=O)CSC(N)=NN. The molecule has 6 N–H and O–H groups in total. The molecule has 0 bridgehead atoms. The number of urea groups is 1.